The Bertz CT molecular complexity index is 403. The van der Waals surface area contributed by atoms with Gasteiger partial charge in [0, 0.05) is 35.6 Å². The molecule has 34 heavy (non-hydrogen) atoms. The summed E-state index contributed by atoms with van der Waals surface area (Å²) in [6.45, 7) is 2.24. The van der Waals surface area contributed by atoms with Crippen LogP contribution in [0.2, 0.25) is 0 Å². The second-order valence-electron chi connectivity index (χ2n) is 10.4. The molecule has 0 aromatic heterocycles. The predicted octanol–water partition coefficient (Wildman–Crippen LogP) is 8.39. The van der Waals surface area contributed by atoms with Gasteiger partial charge in [0.1, 0.15) is 0 Å². The van der Waals surface area contributed by atoms with Crippen LogP contribution in [0.3, 0.4) is 0 Å². The van der Waals surface area contributed by atoms with Gasteiger partial charge in [0.25, 0.3) is 0 Å². The van der Waals surface area contributed by atoms with Gasteiger partial charge in [-0.15, -0.1) is 0 Å². The molecule has 0 aromatic carbocycles. The fraction of sp³-hybridized carbons (Fsp3) is 1.00. The molecule has 0 aromatic rings. The molecule has 3 aliphatic carbocycles. The summed E-state index contributed by atoms with van der Waals surface area (Å²) in [5, 5.41) is 2.67. The molecule has 0 amide bonds. The zero-order valence-corrected chi connectivity index (χ0v) is 24.2. The van der Waals surface area contributed by atoms with Crippen molar-refractivity contribution in [2.24, 2.45) is 0 Å². The molecule has 0 bridgehead atoms. The van der Waals surface area contributed by atoms with Gasteiger partial charge in [-0.05, 0) is 75.0 Å². The minimum absolute atomic E-state index is 0.473. The minimum Gasteiger partial charge on any atom is -0.386 e. The van der Waals surface area contributed by atoms with Crippen molar-refractivity contribution in [1.29, 1.82) is 0 Å². The lowest BCUT2D eigenvalue weighted by Gasteiger charge is -2.21. The van der Waals surface area contributed by atoms with Crippen molar-refractivity contribution >= 4 is 42.6 Å². The molecule has 0 saturated heterocycles. The van der Waals surface area contributed by atoms with Crippen molar-refractivity contribution in [2.75, 3.05) is 37.1 Å². The van der Waals surface area contributed by atoms with E-state index in [1.165, 1.54) is 114 Å². The normalized spacial score (nSPS) is 21.2. The Balaban J connectivity index is 1.24. The van der Waals surface area contributed by atoms with Gasteiger partial charge in [-0.2, -0.15) is 35.3 Å². The summed E-state index contributed by atoms with van der Waals surface area (Å²) in [4.78, 5) is 0. The van der Waals surface area contributed by atoms with E-state index in [4.69, 9.17) is 14.0 Å². The maximum Gasteiger partial charge on any atom is 0.639 e. The molecule has 0 spiro atoms. The molecule has 0 atom stereocenters. The van der Waals surface area contributed by atoms with Gasteiger partial charge in [-0.3, -0.25) is 0 Å². The lowest BCUT2D eigenvalue weighted by Crippen LogP contribution is -2.29. The maximum absolute atomic E-state index is 6.05. The van der Waals surface area contributed by atoms with Crippen molar-refractivity contribution in [3.05, 3.63) is 0 Å². The van der Waals surface area contributed by atoms with E-state index in [-0.39, 0.29) is 0 Å². The standard InChI is InChI=1S/C27H51BO3S3/c1-4-13-25(14-5-1)32-22-10-19-29-28(30-20-11-23-33-26-15-6-2-7-16-26)31-21-12-24-34-27-17-8-3-9-18-27/h25-27H,1-24H2. The highest BCUT2D eigenvalue weighted by atomic mass is 32.2. The first-order chi connectivity index (χ1) is 16.9. The third-order valence-corrected chi connectivity index (χ3v) is 11.7. The summed E-state index contributed by atoms with van der Waals surface area (Å²) in [6.07, 6.45) is 24.7. The van der Waals surface area contributed by atoms with Crippen LogP contribution >= 0.6 is 35.3 Å². The smallest absolute Gasteiger partial charge is 0.386 e. The van der Waals surface area contributed by atoms with Crippen molar-refractivity contribution in [1.82, 2.24) is 0 Å². The summed E-state index contributed by atoms with van der Waals surface area (Å²) in [7, 11) is -0.473. The Labute approximate surface area is 224 Å². The Morgan fingerprint density at radius 1 is 0.441 bits per heavy atom. The molecule has 3 rings (SSSR count). The van der Waals surface area contributed by atoms with Crippen LogP contribution in [0.25, 0.3) is 0 Å². The summed E-state index contributed by atoms with van der Waals surface area (Å²) in [5.74, 6) is 3.61. The van der Waals surface area contributed by atoms with E-state index >= 15 is 0 Å². The molecule has 3 aliphatic rings. The molecule has 7 heteroatoms. The molecule has 198 valence electrons. The van der Waals surface area contributed by atoms with E-state index in [1.54, 1.807) is 0 Å². The van der Waals surface area contributed by atoms with E-state index in [9.17, 15) is 0 Å². The zero-order chi connectivity index (χ0) is 23.5. The SMILES string of the molecule is C1CCC(SCCCOB(OCCCSC2CCCCC2)OCCCSC2CCCCC2)CC1. The van der Waals surface area contributed by atoms with Gasteiger partial charge in [0.2, 0.25) is 0 Å². The average molecular weight is 531 g/mol. The highest BCUT2D eigenvalue weighted by molar-refractivity contribution is 8.00. The lowest BCUT2D eigenvalue weighted by atomic mass is 10.0. The van der Waals surface area contributed by atoms with Gasteiger partial charge >= 0.3 is 7.32 Å². The fourth-order valence-electron chi connectivity index (χ4n) is 5.31. The van der Waals surface area contributed by atoms with Gasteiger partial charge in [-0.1, -0.05) is 57.8 Å². The molecule has 0 aliphatic heterocycles. The van der Waals surface area contributed by atoms with Gasteiger partial charge in [0.05, 0.1) is 0 Å². The first-order valence-electron chi connectivity index (χ1n) is 14.6. The molecule has 0 radical (unpaired) electrons. The van der Waals surface area contributed by atoms with Crippen molar-refractivity contribution in [3.63, 3.8) is 0 Å². The average Bonchev–Trinajstić information content (AvgIpc) is 2.89. The Morgan fingerprint density at radius 3 is 1.03 bits per heavy atom. The van der Waals surface area contributed by atoms with Crippen LogP contribution < -0.4 is 0 Å². The first-order valence-corrected chi connectivity index (χ1v) is 17.7. The van der Waals surface area contributed by atoms with Crippen molar-refractivity contribution < 1.29 is 14.0 Å². The van der Waals surface area contributed by atoms with E-state index in [0.29, 0.717) is 0 Å². The van der Waals surface area contributed by atoms with E-state index in [1.807, 2.05) is 0 Å². The molecule has 0 unspecified atom stereocenters. The first kappa shape index (κ1) is 29.5. The van der Waals surface area contributed by atoms with Crippen LogP contribution in [0.5, 0.6) is 0 Å². The number of thioether (sulfide) groups is 3. The van der Waals surface area contributed by atoms with Gasteiger partial charge in [0.15, 0.2) is 0 Å². The Hall–Kier alpha value is 0.995. The summed E-state index contributed by atoms with van der Waals surface area (Å²) >= 11 is 6.47. The summed E-state index contributed by atoms with van der Waals surface area (Å²) in [6, 6.07) is 0. The van der Waals surface area contributed by atoms with Crippen molar-refractivity contribution in [2.45, 2.75) is 131 Å². The topological polar surface area (TPSA) is 27.7 Å². The zero-order valence-electron chi connectivity index (χ0n) is 21.7. The molecule has 0 N–H and O–H groups in total. The highest BCUT2D eigenvalue weighted by Crippen LogP contribution is 2.30. The second-order valence-corrected chi connectivity index (χ2v) is 14.6. The summed E-state index contributed by atoms with van der Waals surface area (Å²) in [5.41, 5.74) is 0. The van der Waals surface area contributed by atoms with Gasteiger partial charge < -0.3 is 14.0 Å². The molecular formula is C27H51BO3S3. The van der Waals surface area contributed by atoms with E-state index in [0.717, 1.165) is 54.8 Å². The monoisotopic (exact) mass is 530 g/mol. The summed E-state index contributed by atoms with van der Waals surface area (Å²) < 4.78 is 18.2. The molecular weight excluding hydrogens is 479 g/mol. The number of hydrogen-bond donors (Lipinski definition) is 0. The minimum atomic E-state index is -0.473. The van der Waals surface area contributed by atoms with Crippen LogP contribution in [-0.2, 0) is 14.0 Å². The molecule has 3 fully saturated rings. The van der Waals surface area contributed by atoms with Crippen LogP contribution in [0.4, 0.5) is 0 Å². The highest BCUT2D eigenvalue weighted by Gasteiger charge is 2.22. The maximum atomic E-state index is 6.05. The van der Waals surface area contributed by atoms with Crippen LogP contribution in [0, 0.1) is 0 Å². The third kappa shape index (κ3) is 14.1. The second kappa shape index (κ2) is 20.0. The third-order valence-electron chi connectivity index (χ3n) is 7.35. The predicted molar refractivity (Wildman–Crippen MR) is 155 cm³/mol. The Morgan fingerprint density at radius 2 is 0.735 bits per heavy atom. The van der Waals surface area contributed by atoms with Crippen LogP contribution in [0.1, 0.15) is 116 Å². The molecule has 0 heterocycles. The van der Waals surface area contributed by atoms with Crippen LogP contribution in [-0.4, -0.2) is 60.2 Å². The largest absolute Gasteiger partial charge is 0.639 e. The Kier molecular flexibility index (Phi) is 17.4. The molecule has 3 nitrogen and oxygen atoms in total. The fourth-order valence-corrected chi connectivity index (χ4v) is 9.16. The number of rotatable bonds is 18. The van der Waals surface area contributed by atoms with E-state index in [2.05, 4.69) is 35.3 Å². The quantitative estimate of drug-likeness (QED) is 0.130. The lowest BCUT2D eigenvalue weighted by molar-refractivity contribution is 0.0940. The van der Waals surface area contributed by atoms with Crippen LogP contribution in [0.15, 0.2) is 0 Å². The number of hydrogen-bond acceptors (Lipinski definition) is 6. The van der Waals surface area contributed by atoms with E-state index < -0.39 is 7.32 Å². The van der Waals surface area contributed by atoms with Crippen molar-refractivity contribution in [3.8, 4) is 0 Å². The van der Waals surface area contributed by atoms with Gasteiger partial charge in [-0.25, -0.2) is 0 Å². The molecule has 3 saturated carbocycles.